The summed E-state index contributed by atoms with van der Waals surface area (Å²) < 4.78 is 5.87. The predicted molar refractivity (Wildman–Crippen MR) is 68.8 cm³/mol. The Morgan fingerprint density at radius 1 is 1.35 bits per heavy atom. The lowest BCUT2D eigenvalue weighted by Crippen LogP contribution is -2.41. The number of ether oxygens (including phenoxy) is 1. The van der Waals surface area contributed by atoms with Gasteiger partial charge in [0.05, 0.1) is 19.3 Å². The predicted octanol–water partition coefficient (Wildman–Crippen LogP) is 2.21. The lowest BCUT2D eigenvalue weighted by atomic mass is 9.75. The number of aliphatic hydroxyl groups excluding tert-OH is 1. The Hall–Kier alpha value is -0.120. The summed E-state index contributed by atoms with van der Waals surface area (Å²) in [6.45, 7) is 8.33. The van der Waals surface area contributed by atoms with Crippen LogP contribution in [0.15, 0.2) is 0 Å². The maximum Gasteiger partial charge on any atom is 0.108 e. The second-order valence-corrected chi connectivity index (χ2v) is 6.33. The summed E-state index contributed by atoms with van der Waals surface area (Å²) in [5, 5.41) is 18.8. The average Bonchev–Trinajstić information content (AvgIpc) is 2.26. The van der Waals surface area contributed by atoms with Crippen LogP contribution in [0.5, 0.6) is 0 Å². The van der Waals surface area contributed by atoms with E-state index in [9.17, 15) is 5.11 Å². The van der Waals surface area contributed by atoms with Gasteiger partial charge in [-0.15, -0.1) is 0 Å². The summed E-state index contributed by atoms with van der Waals surface area (Å²) in [5.74, 6) is 1.90. The first kappa shape index (κ1) is 14.9. The Labute approximate surface area is 105 Å². The summed E-state index contributed by atoms with van der Waals surface area (Å²) in [6.07, 6.45) is 3.80. The van der Waals surface area contributed by atoms with Crippen molar-refractivity contribution in [1.29, 1.82) is 0 Å². The highest BCUT2D eigenvalue weighted by Gasteiger charge is 2.33. The quantitative estimate of drug-likeness (QED) is 0.779. The van der Waals surface area contributed by atoms with Crippen LogP contribution in [0.25, 0.3) is 0 Å². The van der Waals surface area contributed by atoms with Gasteiger partial charge in [0.1, 0.15) is 5.60 Å². The molecule has 1 aliphatic carbocycles. The van der Waals surface area contributed by atoms with Crippen molar-refractivity contribution in [2.75, 3.05) is 13.2 Å². The van der Waals surface area contributed by atoms with E-state index >= 15 is 0 Å². The van der Waals surface area contributed by atoms with Crippen molar-refractivity contribution in [3.05, 3.63) is 0 Å². The van der Waals surface area contributed by atoms with Crippen molar-refractivity contribution in [1.82, 2.24) is 0 Å². The molecule has 0 spiro atoms. The molecule has 4 atom stereocenters. The smallest absolute Gasteiger partial charge is 0.108 e. The van der Waals surface area contributed by atoms with E-state index < -0.39 is 5.60 Å². The minimum Gasteiger partial charge on any atom is -0.393 e. The molecule has 0 amide bonds. The molecule has 0 aliphatic heterocycles. The zero-order chi connectivity index (χ0) is 13.1. The minimum absolute atomic E-state index is 0.226. The molecule has 0 heterocycles. The molecule has 17 heavy (non-hydrogen) atoms. The molecule has 102 valence electrons. The summed E-state index contributed by atoms with van der Waals surface area (Å²) in [5.41, 5.74) is -1.11. The maximum absolute atomic E-state index is 9.77. The zero-order valence-corrected chi connectivity index (χ0v) is 11.6. The molecule has 1 fully saturated rings. The first-order valence-electron chi connectivity index (χ1n) is 6.80. The highest BCUT2D eigenvalue weighted by atomic mass is 16.5. The van der Waals surface area contributed by atoms with Crippen LogP contribution in [0.3, 0.4) is 0 Å². The first-order chi connectivity index (χ1) is 7.85. The molecule has 0 bridgehead atoms. The molecule has 0 aromatic rings. The van der Waals surface area contributed by atoms with Crippen molar-refractivity contribution in [2.24, 2.45) is 17.8 Å². The molecule has 0 radical (unpaired) electrons. The molecule has 2 unspecified atom stereocenters. The SMILES string of the molecule is CC(C)C1CC[C@@H](C)C[C@H]1OCC(C)(O)CO. The van der Waals surface area contributed by atoms with Crippen molar-refractivity contribution in [3.8, 4) is 0 Å². The van der Waals surface area contributed by atoms with Crippen LogP contribution in [-0.4, -0.2) is 35.1 Å². The highest BCUT2D eigenvalue weighted by molar-refractivity contribution is 4.82. The van der Waals surface area contributed by atoms with E-state index in [1.165, 1.54) is 12.8 Å². The van der Waals surface area contributed by atoms with E-state index in [-0.39, 0.29) is 19.3 Å². The number of aliphatic hydroxyl groups is 2. The lowest BCUT2D eigenvalue weighted by molar-refractivity contribution is -0.116. The van der Waals surface area contributed by atoms with Gasteiger partial charge < -0.3 is 14.9 Å². The highest BCUT2D eigenvalue weighted by Crippen LogP contribution is 2.35. The Kier molecular flexibility index (Phi) is 5.42. The van der Waals surface area contributed by atoms with Crippen LogP contribution in [-0.2, 0) is 4.74 Å². The van der Waals surface area contributed by atoms with E-state index in [2.05, 4.69) is 20.8 Å². The van der Waals surface area contributed by atoms with Crippen LogP contribution in [0.4, 0.5) is 0 Å². The molecule has 1 rings (SSSR count). The van der Waals surface area contributed by atoms with Gasteiger partial charge in [0.2, 0.25) is 0 Å². The van der Waals surface area contributed by atoms with E-state index in [4.69, 9.17) is 9.84 Å². The van der Waals surface area contributed by atoms with E-state index in [1.807, 2.05) is 0 Å². The van der Waals surface area contributed by atoms with Gasteiger partial charge in [-0.3, -0.25) is 0 Å². The lowest BCUT2D eigenvalue weighted by Gasteiger charge is -2.38. The van der Waals surface area contributed by atoms with Gasteiger partial charge in [-0.2, -0.15) is 0 Å². The van der Waals surface area contributed by atoms with Crippen LogP contribution in [0.2, 0.25) is 0 Å². The van der Waals surface area contributed by atoms with E-state index in [1.54, 1.807) is 6.92 Å². The Balaban J connectivity index is 2.52. The number of hydrogen-bond donors (Lipinski definition) is 2. The minimum atomic E-state index is -1.11. The van der Waals surface area contributed by atoms with Gasteiger partial charge in [0, 0.05) is 0 Å². The molecule has 1 saturated carbocycles. The molecule has 0 aromatic carbocycles. The standard InChI is InChI=1S/C14H28O3/c1-10(2)12-6-5-11(3)7-13(12)17-9-14(4,16)8-15/h10-13,15-16H,5-9H2,1-4H3/t11-,12?,13-,14?/m1/s1. The third-order valence-corrected chi connectivity index (χ3v) is 3.91. The van der Waals surface area contributed by atoms with E-state index in [0.717, 1.165) is 6.42 Å². The monoisotopic (exact) mass is 244 g/mol. The van der Waals surface area contributed by atoms with Gasteiger partial charge >= 0.3 is 0 Å². The number of rotatable bonds is 5. The molecule has 0 aromatic heterocycles. The number of hydrogen-bond acceptors (Lipinski definition) is 3. The summed E-state index contributed by atoms with van der Waals surface area (Å²) in [6, 6.07) is 0. The van der Waals surface area contributed by atoms with Gasteiger partial charge in [-0.25, -0.2) is 0 Å². The molecule has 0 saturated heterocycles. The zero-order valence-electron chi connectivity index (χ0n) is 11.6. The second-order valence-electron chi connectivity index (χ2n) is 6.33. The third kappa shape index (κ3) is 4.57. The van der Waals surface area contributed by atoms with Gasteiger partial charge in [0.15, 0.2) is 0 Å². The van der Waals surface area contributed by atoms with Crippen LogP contribution in [0, 0.1) is 17.8 Å². The molecule has 2 N–H and O–H groups in total. The maximum atomic E-state index is 9.77. The second kappa shape index (κ2) is 6.17. The van der Waals surface area contributed by atoms with Crippen molar-refractivity contribution in [2.45, 2.75) is 58.7 Å². The average molecular weight is 244 g/mol. The van der Waals surface area contributed by atoms with Crippen molar-refractivity contribution < 1.29 is 14.9 Å². The van der Waals surface area contributed by atoms with Gasteiger partial charge in [-0.05, 0) is 37.5 Å². The fourth-order valence-corrected chi connectivity index (χ4v) is 2.64. The Bertz CT molecular complexity index is 226. The molecule has 3 nitrogen and oxygen atoms in total. The summed E-state index contributed by atoms with van der Waals surface area (Å²) in [4.78, 5) is 0. The van der Waals surface area contributed by atoms with Gasteiger partial charge in [0.25, 0.3) is 0 Å². The first-order valence-corrected chi connectivity index (χ1v) is 6.80. The van der Waals surface area contributed by atoms with Crippen LogP contribution in [0.1, 0.15) is 47.0 Å². The largest absolute Gasteiger partial charge is 0.393 e. The topological polar surface area (TPSA) is 49.7 Å². The van der Waals surface area contributed by atoms with Crippen molar-refractivity contribution >= 4 is 0 Å². The van der Waals surface area contributed by atoms with Crippen LogP contribution < -0.4 is 0 Å². The van der Waals surface area contributed by atoms with E-state index in [0.29, 0.717) is 17.8 Å². The Morgan fingerprint density at radius 3 is 2.53 bits per heavy atom. The summed E-state index contributed by atoms with van der Waals surface area (Å²) >= 11 is 0. The fraction of sp³-hybridized carbons (Fsp3) is 1.00. The fourth-order valence-electron chi connectivity index (χ4n) is 2.64. The van der Waals surface area contributed by atoms with Crippen LogP contribution >= 0.6 is 0 Å². The van der Waals surface area contributed by atoms with Gasteiger partial charge in [-0.1, -0.05) is 27.2 Å². The van der Waals surface area contributed by atoms with Crippen molar-refractivity contribution in [3.63, 3.8) is 0 Å². The summed E-state index contributed by atoms with van der Waals surface area (Å²) in [7, 11) is 0. The molecular weight excluding hydrogens is 216 g/mol. The normalized spacial score (nSPS) is 33.7. The molecule has 1 aliphatic rings. The Morgan fingerprint density at radius 2 is 2.00 bits per heavy atom. The molecular formula is C14H28O3. The molecule has 3 heteroatoms. The third-order valence-electron chi connectivity index (χ3n) is 3.91.